The summed E-state index contributed by atoms with van der Waals surface area (Å²) in [5.74, 6) is -0.0829. The van der Waals surface area contributed by atoms with Crippen molar-refractivity contribution in [1.29, 1.82) is 0 Å². The zero-order valence-corrected chi connectivity index (χ0v) is 15.1. The number of imide groups is 1. The molecule has 0 radical (unpaired) electrons. The number of carbonyl (C=O) groups excluding carboxylic acids is 2. The number of ether oxygens (including phenoxy) is 2. The minimum absolute atomic E-state index is 0.311. The van der Waals surface area contributed by atoms with Gasteiger partial charge in [-0.15, -0.1) is 0 Å². The molecule has 2 aromatic rings. The molecule has 0 saturated carbocycles. The molecule has 138 valence electrons. The van der Waals surface area contributed by atoms with E-state index in [9.17, 15) is 9.59 Å². The fourth-order valence-electron chi connectivity index (χ4n) is 3.50. The molecule has 2 heterocycles. The van der Waals surface area contributed by atoms with E-state index >= 15 is 0 Å². The van der Waals surface area contributed by atoms with Crippen LogP contribution in [-0.4, -0.2) is 50.1 Å². The van der Waals surface area contributed by atoms with Gasteiger partial charge in [-0.1, -0.05) is 36.4 Å². The number of hydrogen-bond donors (Lipinski definition) is 0. The van der Waals surface area contributed by atoms with Gasteiger partial charge in [0, 0.05) is 18.7 Å². The first-order valence-corrected chi connectivity index (χ1v) is 8.86. The van der Waals surface area contributed by atoms with Gasteiger partial charge in [0.2, 0.25) is 0 Å². The lowest BCUT2D eigenvalue weighted by atomic mass is 10.0. The topological polar surface area (TPSA) is 59.1 Å². The van der Waals surface area contributed by atoms with Crippen LogP contribution >= 0.6 is 0 Å². The largest absolute Gasteiger partial charge is 0.496 e. The van der Waals surface area contributed by atoms with Crippen LogP contribution in [0.25, 0.3) is 5.57 Å². The van der Waals surface area contributed by atoms with Gasteiger partial charge in [-0.25, -0.2) is 4.90 Å². The summed E-state index contributed by atoms with van der Waals surface area (Å²) >= 11 is 0. The number of morpholine rings is 1. The Bertz CT molecular complexity index is 901. The molecule has 0 spiro atoms. The van der Waals surface area contributed by atoms with Crippen LogP contribution in [0.4, 0.5) is 5.69 Å². The van der Waals surface area contributed by atoms with E-state index in [4.69, 9.17) is 9.47 Å². The number of carbonyl (C=O) groups is 2. The first kappa shape index (κ1) is 17.3. The average molecular weight is 364 g/mol. The van der Waals surface area contributed by atoms with Crippen LogP contribution in [0.15, 0.2) is 60.3 Å². The Morgan fingerprint density at radius 2 is 1.56 bits per heavy atom. The van der Waals surface area contributed by atoms with E-state index in [0.717, 1.165) is 0 Å². The Balaban J connectivity index is 1.87. The highest BCUT2D eigenvalue weighted by molar-refractivity contribution is 6.45. The molecule has 2 aliphatic heterocycles. The van der Waals surface area contributed by atoms with Gasteiger partial charge >= 0.3 is 0 Å². The maximum absolute atomic E-state index is 13.4. The SMILES string of the molecule is COc1ccccc1C1=C(N2CCOCC2)C(=O)N(c2ccccc2)C1=O. The maximum Gasteiger partial charge on any atom is 0.282 e. The highest BCUT2D eigenvalue weighted by atomic mass is 16.5. The molecule has 0 N–H and O–H groups in total. The molecule has 0 atom stereocenters. The second-order valence-electron chi connectivity index (χ2n) is 6.30. The van der Waals surface area contributed by atoms with Crippen molar-refractivity contribution >= 4 is 23.1 Å². The van der Waals surface area contributed by atoms with Crippen LogP contribution in [-0.2, 0) is 14.3 Å². The second kappa shape index (κ2) is 7.25. The fraction of sp³-hybridized carbons (Fsp3) is 0.238. The molecular formula is C21H20N2O4. The summed E-state index contributed by atoms with van der Waals surface area (Å²) in [4.78, 5) is 29.9. The van der Waals surface area contributed by atoms with Gasteiger partial charge in [-0.2, -0.15) is 0 Å². The summed E-state index contributed by atoms with van der Waals surface area (Å²) in [6.45, 7) is 2.18. The molecule has 27 heavy (non-hydrogen) atoms. The lowest BCUT2D eigenvalue weighted by Gasteiger charge is -2.29. The third-order valence-electron chi connectivity index (χ3n) is 4.78. The van der Waals surface area contributed by atoms with Crippen molar-refractivity contribution in [3.63, 3.8) is 0 Å². The Morgan fingerprint density at radius 3 is 2.26 bits per heavy atom. The molecule has 0 aliphatic carbocycles. The number of benzene rings is 2. The number of nitrogens with zero attached hydrogens (tertiary/aromatic N) is 2. The molecule has 6 heteroatoms. The van der Waals surface area contributed by atoms with Gasteiger partial charge in [0.15, 0.2) is 0 Å². The summed E-state index contributed by atoms with van der Waals surface area (Å²) in [5, 5.41) is 0. The van der Waals surface area contributed by atoms with E-state index in [0.29, 0.717) is 54.6 Å². The smallest absolute Gasteiger partial charge is 0.282 e. The van der Waals surface area contributed by atoms with Gasteiger partial charge in [0.25, 0.3) is 11.8 Å². The van der Waals surface area contributed by atoms with Gasteiger partial charge in [0.05, 0.1) is 31.6 Å². The lowest BCUT2D eigenvalue weighted by Crippen LogP contribution is -2.40. The van der Waals surface area contributed by atoms with Crippen molar-refractivity contribution < 1.29 is 19.1 Å². The van der Waals surface area contributed by atoms with Crippen molar-refractivity contribution in [1.82, 2.24) is 4.90 Å². The number of hydrogen-bond acceptors (Lipinski definition) is 5. The van der Waals surface area contributed by atoms with Crippen LogP contribution in [0, 0.1) is 0 Å². The van der Waals surface area contributed by atoms with Gasteiger partial charge < -0.3 is 14.4 Å². The van der Waals surface area contributed by atoms with Crippen LogP contribution in [0.5, 0.6) is 5.75 Å². The monoisotopic (exact) mass is 364 g/mol. The predicted molar refractivity (Wildman–Crippen MR) is 101 cm³/mol. The fourth-order valence-corrected chi connectivity index (χ4v) is 3.50. The summed E-state index contributed by atoms with van der Waals surface area (Å²) < 4.78 is 10.9. The third-order valence-corrected chi connectivity index (χ3v) is 4.78. The summed E-state index contributed by atoms with van der Waals surface area (Å²) in [6, 6.07) is 16.3. The minimum atomic E-state index is -0.336. The third kappa shape index (κ3) is 2.98. The van der Waals surface area contributed by atoms with Crippen molar-refractivity contribution in [3.8, 4) is 5.75 Å². The standard InChI is InChI=1S/C21H20N2O4/c1-26-17-10-6-5-9-16(17)18-19(22-11-13-27-14-12-22)21(25)23(20(18)24)15-7-3-2-4-8-15/h2-10H,11-14H2,1H3. The Hall–Kier alpha value is -3.12. The average Bonchev–Trinajstić information content (AvgIpc) is 2.99. The molecule has 0 aromatic heterocycles. The first-order chi connectivity index (χ1) is 13.2. The van der Waals surface area contributed by atoms with Gasteiger partial charge in [-0.3, -0.25) is 9.59 Å². The highest BCUT2D eigenvalue weighted by Gasteiger charge is 2.43. The van der Waals surface area contributed by atoms with E-state index in [-0.39, 0.29) is 11.8 Å². The van der Waals surface area contributed by atoms with E-state index in [1.165, 1.54) is 4.90 Å². The van der Waals surface area contributed by atoms with Gasteiger partial charge in [0.1, 0.15) is 11.4 Å². The van der Waals surface area contributed by atoms with E-state index in [1.54, 1.807) is 25.3 Å². The second-order valence-corrected chi connectivity index (χ2v) is 6.30. The lowest BCUT2D eigenvalue weighted by molar-refractivity contribution is -0.121. The molecule has 4 rings (SSSR count). The van der Waals surface area contributed by atoms with Crippen LogP contribution < -0.4 is 9.64 Å². The quantitative estimate of drug-likeness (QED) is 0.780. The summed E-state index contributed by atoms with van der Waals surface area (Å²) in [6.07, 6.45) is 0. The summed E-state index contributed by atoms with van der Waals surface area (Å²) in [7, 11) is 1.56. The molecular weight excluding hydrogens is 344 g/mol. The molecule has 1 saturated heterocycles. The zero-order chi connectivity index (χ0) is 18.8. The molecule has 2 aliphatic rings. The molecule has 2 aromatic carbocycles. The molecule has 2 amide bonds. The number of amides is 2. The number of methoxy groups -OCH3 is 1. The summed E-state index contributed by atoms with van der Waals surface area (Å²) in [5.41, 5.74) is 1.97. The first-order valence-electron chi connectivity index (χ1n) is 8.86. The Kier molecular flexibility index (Phi) is 4.64. The highest BCUT2D eigenvalue weighted by Crippen LogP contribution is 2.38. The Labute approximate surface area is 157 Å². The molecule has 0 unspecified atom stereocenters. The number of anilines is 1. The van der Waals surface area contributed by atoms with Crippen molar-refractivity contribution in [2.75, 3.05) is 38.3 Å². The normalized spacial score (nSPS) is 17.7. The van der Waals surface area contributed by atoms with E-state index in [1.807, 2.05) is 41.3 Å². The predicted octanol–water partition coefficient (Wildman–Crippen LogP) is 2.31. The zero-order valence-electron chi connectivity index (χ0n) is 15.1. The number of rotatable bonds is 4. The minimum Gasteiger partial charge on any atom is -0.496 e. The maximum atomic E-state index is 13.4. The van der Waals surface area contributed by atoms with Crippen LogP contribution in [0.3, 0.4) is 0 Å². The number of para-hydroxylation sites is 2. The van der Waals surface area contributed by atoms with Crippen LogP contribution in [0.1, 0.15) is 5.56 Å². The molecule has 1 fully saturated rings. The van der Waals surface area contributed by atoms with E-state index < -0.39 is 0 Å². The van der Waals surface area contributed by atoms with Gasteiger partial charge in [-0.05, 0) is 18.2 Å². The molecule has 6 nitrogen and oxygen atoms in total. The van der Waals surface area contributed by atoms with Crippen molar-refractivity contribution in [2.24, 2.45) is 0 Å². The Morgan fingerprint density at radius 1 is 0.889 bits per heavy atom. The van der Waals surface area contributed by atoms with Crippen molar-refractivity contribution in [2.45, 2.75) is 0 Å². The molecule has 0 bridgehead atoms. The van der Waals surface area contributed by atoms with Crippen molar-refractivity contribution in [3.05, 3.63) is 65.9 Å². The van der Waals surface area contributed by atoms with Crippen LogP contribution in [0.2, 0.25) is 0 Å². The van der Waals surface area contributed by atoms with E-state index in [2.05, 4.69) is 0 Å².